The molecule has 0 radical (unpaired) electrons. The number of nitrogens with zero attached hydrogens (tertiary/aromatic N) is 2. The fraction of sp³-hybridized carbons (Fsp3) is 0.350. The van der Waals surface area contributed by atoms with E-state index in [1.165, 1.54) is 21.6 Å². The van der Waals surface area contributed by atoms with Gasteiger partial charge in [0.15, 0.2) is 9.84 Å². The number of rotatable bonds is 7. The van der Waals surface area contributed by atoms with Crippen LogP contribution in [-0.4, -0.2) is 54.3 Å². The second-order valence-electron chi connectivity index (χ2n) is 6.93. The van der Waals surface area contributed by atoms with E-state index in [4.69, 9.17) is 11.6 Å². The first kappa shape index (κ1) is 22.0. The van der Waals surface area contributed by atoms with Gasteiger partial charge in [-0.3, -0.25) is 14.4 Å². The van der Waals surface area contributed by atoms with E-state index in [2.05, 4.69) is 5.32 Å². The molecule has 0 saturated heterocycles. The molecule has 0 fully saturated rings. The van der Waals surface area contributed by atoms with Crippen LogP contribution in [0.1, 0.15) is 33.3 Å². The lowest BCUT2D eigenvalue weighted by Crippen LogP contribution is -2.47. The third-order valence-corrected chi connectivity index (χ3v) is 6.93. The summed E-state index contributed by atoms with van der Waals surface area (Å²) in [6.45, 7) is 2.27. The zero-order valence-electron chi connectivity index (χ0n) is 16.4. The Labute approximate surface area is 179 Å². The molecule has 0 bridgehead atoms. The number of carbonyl (C=O) groups is 2. The maximum atomic E-state index is 12.7. The fourth-order valence-electron chi connectivity index (χ4n) is 3.13. The Kier molecular flexibility index (Phi) is 6.62. The Morgan fingerprint density at radius 3 is 2.47 bits per heavy atom. The van der Waals surface area contributed by atoms with Crippen LogP contribution in [0.25, 0.3) is 0 Å². The Morgan fingerprint density at radius 1 is 1.10 bits per heavy atom. The van der Waals surface area contributed by atoms with Gasteiger partial charge in [-0.25, -0.2) is 8.42 Å². The highest BCUT2D eigenvalue weighted by Crippen LogP contribution is 2.12. The number of nitrogens with one attached hydrogen (secondary N) is 1. The molecule has 1 aliphatic heterocycles. The van der Waals surface area contributed by atoms with Gasteiger partial charge in [-0.15, -0.1) is 0 Å². The molecular formula is C20H22ClN3O5S. The summed E-state index contributed by atoms with van der Waals surface area (Å²) >= 11 is 5.84. The number of sulfone groups is 1. The van der Waals surface area contributed by atoms with Gasteiger partial charge in [0.25, 0.3) is 17.4 Å². The highest BCUT2D eigenvalue weighted by Gasteiger charge is 2.27. The van der Waals surface area contributed by atoms with Gasteiger partial charge in [0, 0.05) is 37.0 Å². The SMILES string of the molecule is CCS(=O)(=O)CCN1CCn2c(ccc(C(=O)NCc3ccc(Cl)cc3)c2=O)C1=O. The van der Waals surface area contributed by atoms with Crippen LogP contribution in [0.2, 0.25) is 5.02 Å². The van der Waals surface area contributed by atoms with Crippen molar-refractivity contribution in [2.24, 2.45) is 0 Å². The molecule has 2 aromatic rings. The van der Waals surface area contributed by atoms with Crippen molar-refractivity contribution in [3.05, 3.63) is 68.6 Å². The third kappa shape index (κ3) is 4.91. The molecule has 30 heavy (non-hydrogen) atoms. The van der Waals surface area contributed by atoms with Crippen molar-refractivity contribution < 1.29 is 18.0 Å². The van der Waals surface area contributed by atoms with E-state index >= 15 is 0 Å². The number of aromatic nitrogens is 1. The number of halogens is 1. The van der Waals surface area contributed by atoms with Crippen molar-refractivity contribution in [2.45, 2.75) is 20.0 Å². The standard InChI is InChI=1S/C20H22ClN3O5S/c1-2-30(28,29)12-11-23-9-10-24-17(20(23)27)8-7-16(19(24)26)18(25)22-13-14-3-5-15(21)6-4-14/h3-8H,2,9-13H2,1H3,(H,22,25). The van der Waals surface area contributed by atoms with Crippen LogP contribution in [0.4, 0.5) is 0 Å². The van der Waals surface area contributed by atoms with E-state index in [1.807, 2.05) is 0 Å². The van der Waals surface area contributed by atoms with Crippen LogP contribution in [0.15, 0.2) is 41.2 Å². The largest absolute Gasteiger partial charge is 0.348 e. The van der Waals surface area contributed by atoms with Crippen LogP contribution in [-0.2, 0) is 22.9 Å². The average molecular weight is 452 g/mol. The molecule has 8 nitrogen and oxygen atoms in total. The van der Waals surface area contributed by atoms with E-state index in [1.54, 1.807) is 31.2 Å². The van der Waals surface area contributed by atoms with Gasteiger partial charge in [-0.05, 0) is 29.8 Å². The molecule has 10 heteroatoms. The molecule has 0 atom stereocenters. The van der Waals surface area contributed by atoms with Gasteiger partial charge in [0.1, 0.15) is 11.3 Å². The van der Waals surface area contributed by atoms with E-state index in [9.17, 15) is 22.8 Å². The summed E-state index contributed by atoms with van der Waals surface area (Å²) in [4.78, 5) is 39.3. The zero-order valence-corrected chi connectivity index (χ0v) is 18.0. The molecule has 1 N–H and O–H groups in total. The molecule has 0 aliphatic carbocycles. The van der Waals surface area contributed by atoms with E-state index < -0.39 is 27.2 Å². The van der Waals surface area contributed by atoms with Crippen molar-refractivity contribution in [2.75, 3.05) is 24.6 Å². The topological polar surface area (TPSA) is 106 Å². The number of amides is 2. The first-order valence-corrected chi connectivity index (χ1v) is 11.7. The van der Waals surface area contributed by atoms with E-state index in [-0.39, 0.29) is 48.9 Å². The summed E-state index contributed by atoms with van der Waals surface area (Å²) < 4.78 is 24.7. The Hall–Kier alpha value is -2.65. The summed E-state index contributed by atoms with van der Waals surface area (Å²) in [7, 11) is -3.20. The molecule has 160 valence electrons. The lowest BCUT2D eigenvalue weighted by atomic mass is 10.1. The smallest absolute Gasteiger partial charge is 0.270 e. The molecule has 3 rings (SSSR count). The van der Waals surface area contributed by atoms with Crippen LogP contribution in [0.3, 0.4) is 0 Å². The molecular weight excluding hydrogens is 430 g/mol. The van der Waals surface area contributed by atoms with Crippen LogP contribution in [0, 0.1) is 0 Å². The number of hydrogen-bond donors (Lipinski definition) is 1. The predicted octanol–water partition coefficient (Wildman–Crippen LogP) is 1.32. The summed E-state index contributed by atoms with van der Waals surface area (Å²) in [6, 6.07) is 9.72. The molecule has 1 aromatic carbocycles. The van der Waals surface area contributed by atoms with Crippen LogP contribution < -0.4 is 10.9 Å². The van der Waals surface area contributed by atoms with Crippen molar-refractivity contribution in [3.63, 3.8) is 0 Å². The number of hydrogen-bond acceptors (Lipinski definition) is 5. The quantitative estimate of drug-likeness (QED) is 0.683. The van der Waals surface area contributed by atoms with E-state index in [0.29, 0.717) is 5.02 Å². The molecule has 0 saturated carbocycles. The lowest BCUT2D eigenvalue weighted by molar-refractivity contribution is 0.0710. The van der Waals surface area contributed by atoms with E-state index in [0.717, 1.165) is 5.56 Å². The Balaban J connectivity index is 1.72. The summed E-state index contributed by atoms with van der Waals surface area (Å²) in [5.41, 5.74) is 0.380. The number of carbonyl (C=O) groups excluding carboxylic acids is 2. The van der Waals surface area contributed by atoms with Crippen molar-refractivity contribution in [3.8, 4) is 0 Å². The van der Waals surface area contributed by atoms with Gasteiger partial charge in [0.05, 0.1) is 5.75 Å². The number of fused-ring (bicyclic) bond motifs is 1. The monoisotopic (exact) mass is 451 g/mol. The van der Waals surface area contributed by atoms with Gasteiger partial charge in [0.2, 0.25) is 0 Å². The van der Waals surface area contributed by atoms with Crippen molar-refractivity contribution in [1.29, 1.82) is 0 Å². The summed E-state index contributed by atoms with van der Waals surface area (Å²) in [5.74, 6) is -1.06. The zero-order chi connectivity index (χ0) is 21.9. The van der Waals surface area contributed by atoms with Gasteiger partial charge in [-0.2, -0.15) is 0 Å². The van der Waals surface area contributed by atoms with Crippen LogP contribution >= 0.6 is 11.6 Å². The first-order valence-electron chi connectivity index (χ1n) is 9.48. The maximum absolute atomic E-state index is 12.7. The lowest BCUT2D eigenvalue weighted by Gasteiger charge is -2.29. The Morgan fingerprint density at radius 2 is 1.80 bits per heavy atom. The number of pyridine rings is 1. The van der Waals surface area contributed by atoms with Gasteiger partial charge >= 0.3 is 0 Å². The molecule has 2 amide bonds. The molecule has 2 heterocycles. The van der Waals surface area contributed by atoms with Crippen molar-refractivity contribution in [1.82, 2.24) is 14.8 Å². The van der Waals surface area contributed by atoms with Crippen LogP contribution in [0.5, 0.6) is 0 Å². The summed E-state index contributed by atoms with van der Waals surface area (Å²) in [6.07, 6.45) is 0. The minimum absolute atomic E-state index is 0.0135. The molecule has 0 unspecified atom stereocenters. The second kappa shape index (κ2) is 9.01. The second-order valence-corrected chi connectivity index (χ2v) is 9.84. The Bertz CT molecular complexity index is 1130. The predicted molar refractivity (Wildman–Crippen MR) is 114 cm³/mol. The van der Waals surface area contributed by atoms with Gasteiger partial charge in [-0.1, -0.05) is 30.7 Å². The fourth-order valence-corrected chi connectivity index (χ4v) is 4.04. The molecule has 1 aromatic heterocycles. The average Bonchev–Trinajstić information content (AvgIpc) is 2.73. The van der Waals surface area contributed by atoms with Gasteiger partial charge < -0.3 is 14.8 Å². The third-order valence-electron chi connectivity index (χ3n) is 5.00. The van der Waals surface area contributed by atoms with Crippen molar-refractivity contribution >= 4 is 33.3 Å². The molecule has 1 aliphatic rings. The number of benzene rings is 1. The minimum Gasteiger partial charge on any atom is -0.348 e. The first-order chi connectivity index (χ1) is 14.2. The highest BCUT2D eigenvalue weighted by molar-refractivity contribution is 7.91. The maximum Gasteiger partial charge on any atom is 0.270 e. The normalized spacial score (nSPS) is 13.8. The minimum atomic E-state index is -3.20. The molecule has 0 spiro atoms. The highest BCUT2D eigenvalue weighted by atomic mass is 35.5. The summed E-state index contributed by atoms with van der Waals surface area (Å²) in [5, 5.41) is 3.28.